The molecular weight excluding hydrogens is 266 g/mol. The van der Waals surface area contributed by atoms with Crippen LogP contribution in [0.25, 0.3) is 0 Å². The number of nitrogens with zero attached hydrogens (tertiary/aromatic N) is 3. The van der Waals surface area contributed by atoms with E-state index in [1.807, 2.05) is 18.2 Å². The standard InChI is InChI=1S/C12H12BrN3/c1-9(10-3-7-14-8-4-10)11(13)12-15-5-2-6-16-12/h2-9,11H,1H3. The zero-order chi connectivity index (χ0) is 11.4. The van der Waals surface area contributed by atoms with E-state index in [1.165, 1.54) is 5.56 Å². The van der Waals surface area contributed by atoms with Gasteiger partial charge in [0.15, 0.2) is 0 Å². The van der Waals surface area contributed by atoms with Gasteiger partial charge in [0, 0.05) is 30.7 Å². The number of hydrogen-bond acceptors (Lipinski definition) is 3. The van der Waals surface area contributed by atoms with E-state index in [0.717, 1.165) is 5.82 Å². The molecule has 0 saturated carbocycles. The monoisotopic (exact) mass is 277 g/mol. The van der Waals surface area contributed by atoms with Crippen molar-refractivity contribution in [1.82, 2.24) is 15.0 Å². The van der Waals surface area contributed by atoms with Gasteiger partial charge >= 0.3 is 0 Å². The van der Waals surface area contributed by atoms with E-state index in [2.05, 4.69) is 37.8 Å². The van der Waals surface area contributed by atoms with E-state index >= 15 is 0 Å². The van der Waals surface area contributed by atoms with Crippen molar-refractivity contribution in [3.05, 3.63) is 54.4 Å². The van der Waals surface area contributed by atoms with Crippen LogP contribution < -0.4 is 0 Å². The van der Waals surface area contributed by atoms with Crippen molar-refractivity contribution in [2.24, 2.45) is 0 Å². The van der Waals surface area contributed by atoms with Crippen LogP contribution in [-0.2, 0) is 0 Å². The summed E-state index contributed by atoms with van der Waals surface area (Å²) in [5, 5.41) is 0. The normalized spacial score (nSPS) is 14.4. The average molecular weight is 278 g/mol. The fraction of sp³-hybridized carbons (Fsp3) is 0.250. The summed E-state index contributed by atoms with van der Waals surface area (Å²) in [7, 11) is 0. The van der Waals surface area contributed by atoms with Crippen LogP contribution in [0.15, 0.2) is 43.0 Å². The van der Waals surface area contributed by atoms with Crippen molar-refractivity contribution in [3.8, 4) is 0 Å². The van der Waals surface area contributed by atoms with Gasteiger partial charge in [0.25, 0.3) is 0 Å². The Kier molecular flexibility index (Phi) is 3.62. The summed E-state index contributed by atoms with van der Waals surface area (Å²) in [4.78, 5) is 12.6. The fourth-order valence-corrected chi connectivity index (χ4v) is 2.05. The first-order chi connectivity index (χ1) is 7.79. The zero-order valence-electron chi connectivity index (χ0n) is 8.92. The third-order valence-corrected chi connectivity index (χ3v) is 3.71. The highest BCUT2D eigenvalue weighted by atomic mass is 79.9. The molecule has 0 N–H and O–H groups in total. The smallest absolute Gasteiger partial charge is 0.142 e. The lowest BCUT2D eigenvalue weighted by atomic mass is 9.98. The largest absolute Gasteiger partial charge is 0.265 e. The maximum atomic E-state index is 4.25. The topological polar surface area (TPSA) is 38.7 Å². The molecule has 2 heterocycles. The van der Waals surface area contributed by atoms with Gasteiger partial charge < -0.3 is 0 Å². The van der Waals surface area contributed by atoms with Gasteiger partial charge in [-0.3, -0.25) is 4.98 Å². The maximum absolute atomic E-state index is 4.25. The number of rotatable bonds is 3. The Morgan fingerprint density at radius 3 is 2.31 bits per heavy atom. The molecule has 0 aliphatic carbocycles. The summed E-state index contributed by atoms with van der Waals surface area (Å²) < 4.78 is 0. The van der Waals surface area contributed by atoms with Gasteiger partial charge in [0.2, 0.25) is 0 Å². The van der Waals surface area contributed by atoms with Gasteiger partial charge in [0.1, 0.15) is 5.82 Å². The lowest BCUT2D eigenvalue weighted by Crippen LogP contribution is -2.05. The van der Waals surface area contributed by atoms with E-state index < -0.39 is 0 Å². The highest BCUT2D eigenvalue weighted by molar-refractivity contribution is 9.09. The second-order valence-corrected chi connectivity index (χ2v) is 4.56. The Labute approximate surface area is 103 Å². The van der Waals surface area contributed by atoms with Gasteiger partial charge in [-0.1, -0.05) is 22.9 Å². The molecule has 0 amide bonds. The van der Waals surface area contributed by atoms with Crippen LogP contribution >= 0.6 is 15.9 Å². The molecule has 0 saturated heterocycles. The van der Waals surface area contributed by atoms with Gasteiger partial charge in [-0.2, -0.15) is 0 Å². The molecule has 3 nitrogen and oxygen atoms in total. The summed E-state index contributed by atoms with van der Waals surface area (Å²) in [5.74, 6) is 1.12. The summed E-state index contributed by atoms with van der Waals surface area (Å²) in [6, 6.07) is 5.85. The van der Waals surface area contributed by atoms with Crippen LogP contribution in [0.1, 0.15) is 29.1 Å². The van der Waals surface area contributed by atoms with Crippen LogP contribution in [0.5, 0.6) is 0 Å². The first-order valence-corrected chi connectivity index (χ1v) is 6.01. The molecule has 16 heavy (non-hydrogen) atoms. The molecule has 4 heteroatoms. The lowest BCUT2D eigenvalue weighted by molar-refractivity contribution is 0.709. The van der Waals surface area contributed by atoms with E-state index in [-0.39, 0.29) is 4.83 Å². The number of pyridine rings is 1. The zero-order valence-corrected chi connectivity index (χ0v) is 10.5. The van der Waals surface area contributed by atoms with E-state index in [9.17, 15) is 0 Å². The van der Waals surface area contributed by atoms with Gasteiger partial charge in [-0.15, -0.1) is 0 Å². The fourth-order valence-electron chi connectivity index (χ4n) is 1.51. The summed E-state index contributed by atoms with van der Waals surface area (Å²) in [6.07, 6.45) is 7.13. The van der Waals surface area contributed by atoms with Gasteiger partial charge in [0.05, 0.1) is 4.83 Å². The van der Waals surface area contributed by atoms with Crippen molar-refractivity contribution >= 4 is 15.9 Å². The third kappa shape index (κ3) is 2.44. The third-order valence-electron chi connectivity index (χ3n) is 2.50. The van der Waals surface area contributed by atoms with Crippen LogP contribution in [-0.4, -0.2) is 15.0 Å². The Hall–Kier alpha value is -1.29. The Balaban J connectivity index is 2.20. The van der Waals surface area contributed by atoms with Crippen molar-refractivity contribution < 1.29 is 0 Å². The second kappa shape index (κ2) is 5.16. The number of alkyl halides is 1. The van der Waals surface area contributed by atoms with Crippen molar-refractivity contribution in [2.45, 2.75) is 17.7 Å². The Morgan fingerprint density at radius 1 is 1.06 bits per heavy atom. The molecule has 0 aromatic carbocycles. The molecule has 2 atom stereocenters. The number of hydrogen-bond donors (Lipinski definition) is 0. The highest BCUT2D eigenvalue weighted by Gasteiger charge is 2.19. The van der Waals surface area contributed by atoms with Gasteiger partial charge in [-0.25, -0.2) is 9.97 Å². The highest BCUT2D eigenvalue weighted by Crippen LogP contribution is 2.35. The molecule has 82 valence electrons. The van der Waals surface area contributed by atoms with Crippen LogP contribution in [0.4, 0.5) is 0 Å². The minimum absolute atomic E-state index is 0.121. The molecule has 2 unspecified atom stereocenters. The molecule has 2 rings (SSSR count). The SMILES string of the molecule is CC(c1ccncc1)C(Br)c1ncccn1. The molecule has 0 bridgehead atoms. The number of aromatic nitrogens is 3. The molecule has 0 fully saturated rings. The molecule has 0 spiro atoms. The molecule has 2 aromatic heterocycles. The van der Waals surface area contributed by atoms with Crippen molar-refractivity contribution in [1.29, 1.82) is 0 Å². The molecule has 0 radical (unpaired) electrons. The van der Waals surface area contributed by atoms with Crippen LogP contribution in [0, 0.1) is 0 Å². The predicted molar refractivity (Wildman–Crippen MR) is 66.4 cm³/mol. The lowest BCUT2D eigenvalue weighted by Gasteiger charge is -2.16. The van der Waals surface area contributed by atoms with E-state index in [4.69, 9.17) is 0 Å². The maximum Gasteiger partial charge on any atom is 0.142 e. The molecule has 2 aromatic rings. The van der Waals surface area contributed by atoms with Crippen LogP contribution in [0.3, 0.4) is 0 Å². The molecular formula is C12H12BrN3. The first kappa shape index (κ1) is 11.2. The minimum Gasteiger partial charge on any atom is -0.265 e. The quantitative estimate of drug-likeness (QED) is 0.810. The average Bonchev–Trinajstić information content (AvgIpc) is 2.39. The summed E-state index contributed by atoms with van der Waals surface area (Å²) >= 11 is 3.64. The summed E-state index contributed by atoms with van der Waals surface area (Å²) in [6.45, 7) is 2.14. The van der Waals surface area contributed by atoms with Crippen molar-refractivity contribution in [3.63, 3.8) is 0 Å². The predicted octanol–water partition coefficient (Wildman–Crippen LogP) is 3.11. The van der Waals surface area contributed by atoms with E-state index in [1.54, 1.807) is 24.8 Å². The Morgan fingerprint density at radius 2 is 1.69 bits per heavy atom. The van der Waals surface area contributed by atoms with Gasteiger partial charge in [-0.05, 0) is 23.8 Å². The number of halogens is 1. The minimum atomic E-state index is 0.121. The first-order valence-electron chi connectivity index (χ1n) is 5.10. The molecule has 0 aliphatic heterocycles. The van der Waals surface area contributed by atoms with Crippen molar-refractivity contribution in [2.75, 3.05) is 0 Å². The second-order valence-electron chi connectivity index (χ2n) is 3.58. The van der Waals surface area contributed by atoms with Crippen LogP contribution in [0.2, 0.25) is 0 Å². The van der Waals surface area contributed by atoms with E-state index in [0.29, 0.717) is 5.92 Å². The Bertz CT molecular complexity index is 389. The molecule has 0 aliphatic rings. The summed E-state index contributed by atoms with van der Waals surface area (Å²) in [5.41, 5.74) is 1.23.